The molecule has 10 heteroatoms. The molecule has 0 aliphatic rings. The van der Waals surface area contributed by atoms with Gasteiger partial charge < -0.3 is 14.8 Å². The van der Waals surface area contributed by atoms with Crippen molar-refractivity contribution in [2.24, 2.45) is 0 Å². The summed E-state index contributed by atoms with van der Waals surface area (Å²) in [5.41, 5.74) is -0.349. The molecule has 2 aromatic carbocycles. The maximum atomic E-state index is 12.0. The minimum absolute atomic E-state index is 0.108. The lowest BCUT2D eigenvalue weighted by molar-refractivity contribution is -0.385. The van der Waals surface area contributed by atoms with Crippen LogP contribution in [0.3, 0.4) is 0 Å². The molecule has 0 aliphatic heterocycles. The SMILES string of the molecule is COC(=O)c1cccc(NC(=O)COC(=O)c2cc(Cl)ccc2[N+](=O)[O-])c1. The molecular weight excluding hydrogens is 380 g/mol. The standard InChI is InChI=1S/C17H13ClN2O7/c1-26-16(22)10-3-2-4-12(7-10)19-15(21)9-27-17(23)13-8-11(18)5-6-14(13)20(24)25/h2-8H,9H2,1H3,(H,19,21). The second-order valence-corrected chi connectivity index (χ2v) is 5.55. The third-order valence-electron chi connectivity index (χ3n) is 3.28. The van der Waals surface area contributed by atoms with E-state index >= 15 is 0 Å². The molecule has 0 bridgehead atoms. The minimum atomic E-state index is -1.07. The van der Waals surface area contributed by atoms with Crippen LogP contribution >= 0.6 is 11.6 Å². The number of anilines is 1. The first kappa shape index (κ1) is 19.9. The minimum Gasteiger partial charge on any atom is -0.465 e. The van der Waals surface area contributed by atoms with E-state index in [0.29, 0.717) is 0 Å². The number of ether oxygens (including phenoxy) is 2. The largest absolute Gasteiger partial charge is 0.465 e. The van der Waals surface area contributed by atoms with Crippen LogP contribution in [-0.2, 0) is 14.3 Å². The van der Waals surface area contributed by atoms with Gasteiger partial charge >= 0.3 is 11.9 Å². The number of methoxy groups -OCH3 is 1. The van der Waals surface area contributed by atoms with Crippen molar-refractivity contribution >= 4 is 40.8 Å². The van der Waals surface area contributed by atoms with E-state index in [4.69, 9.17) is 16.3 Å². The van der Waals surface area contributed by atoms with E-state index in [0.717, 1.165) is 12.1 Å². The second-order valence-electron chi connectivity index (χ2n) is 5.12. The van der Waals surface area contributed by atoms with Crippen molar-refractivity contribution < 1.29 is 28.8 Å². The van der Waals surface area contributed by atoms with Crippen LogP contribution < -0.4 is 5.32 Å². The lowest BCUT2D eigenvalue weighted by Crippen LogP contribution is -2.21. The zero-order valence-corrected chi connectivity index (χ0v) is 14.7. The molecule has 1 amide bonds. The molecule has 140 valence electrons. The van der Waals surface area contributed by atoms with Gasteiger partial charge in [0.05, 0.1) is 17.6 Å². The normalized spacial score (nSPS) is 10.0. The van der Waals surface area contributed by atoms with Gasteiger partial charge in [0.25, 0.3) is 11.6 Å². The van der Waals surface area contributed by atoms with Crippen LogP contribution in [0.15, 0.2) is 42.5 Å². The van der Waals surface area contributed by atoms with Crippen molar-refractivity contribution in [2.75, 3.05) is 19.0 Å². The van der Waals surface area contributed by atoms with Crippen molar-refractivity contribution in [3.63, 3.8) is 0 Å². The van der Waals surface area contributed by atoms with Gasteiger partial charge in [0, 0.05) is 16.8 Å². The van der Waals surface area contributed by atoms with Gasteiger partial charge in [-0.05, 0) is 30.3 Å². The number of nitro groups is 1. The number of nitro benzene ring substituents is 1. The number of benzene rings is 2. The zero-order valence-electron chi connectivity index (χ0n) is 13.9. The lowest BCUT2D eigenvalue weighted by atomic mass is 10.2. The molecule has 0 atom stereocenters. The summed E-state index contributed by atoms with van der Waals surface area (Å²) < 4.78 is 9.38. The number of halogens is 1. The molecule has 27 heavy (non-hydrogen) atoms. The van der Waals surface area contributed by atoms with E-state index in [1.165, 1.54) is 37.4 Å². The van der Waals surface area contributed by atoms with E-state index in [9.17, 15) is 24.5 Å². The Labute approximate surface area is 158 Å². The molecule has 0 saturated heterocycles. The average Bonchev–Trinajstić information content (AvgIpc) is 2.65. The molecule has 2 rings (SSSR count). The third kappa shape index (κ3) is 5.25. The summed E-state index contributed by atoms with van der Waals surface area (Å²) in [4.78, 5) is 45.6. The fourth-order valence-corrected chi connectivity index (χ4v) is 2.25. The topological polar surface area (TPSA) is 125 Å². The van der Waals surface area contributed by atoms with Gasteiger partial charge in [-0.25, -0.2) is 9.59 Å². The predicted molar refractivity (Wildman–Crippen MR) is 94.8 cm³/mol. The highest BCUT2D eigenvalue weighted by atomic mass is 35.5. The van der Waals surface area contributed by atoms with Crippen molar-refractivity contribution in [1.29, 1.82) is 0 Å². The van der Waals surface area contributed by atoms with E-state index in [1.54, 1.807) is 0 Å². The number of amides is 1. The summed E-state index contributed by atoms with van der Waals surface area (Å²) in [6, 6.07) is 9.35. The maximum absolute atomic E-state index is 12.0. The van der Waals surface area contributed by atoms with E-state index < -0.39 is 35.1 Å². The van der Waals surface area contributed by atoms with Crippen molar-refractivity contribution in [3.8, 4) is 0 Å². The van der Waals surface area contributed by atoms with Gasteiger partial charge in [-0.2, -0.15) is 0 Å². The van der Waals surface area contributed by atoms with Crippen LogP contribution in [0, 0.1) is 10.1 Å². The first-order valence-corrected chi connectivity index (χ1v) is 7.79. The van der Waals surface area contributed by atoms with E-state index in [1.807, 2.05) is 0 Å². The summed E-state index contributed by atoms with van der Waals surface area (Å²) >= 11 is 5.74. The molecule has 0 fully saturated rings. The van der Waals surface area contributed by atoms with Gasteiger partial charge in [-0.1, -0.05) is 17.7 Å². The molecule has 0 unspecified atom stereocenters. The highest BCUT2D eigenvalue weighted by molar-refractivity contribution is 6.31. The highest BCUT2D eigenvalue weighted by Gasteiger charge is 2.22. The number of nitrogens with one attached hydrogen (secondary N) is 1. The van der Waals surface area contributed by atoms with Crippen LogP contribution in [0.4, 0.5) is 11.4 Å². The van der Waals surface area contributed by atoms with Crippen LogP contribution in [0.5, 0.6) is 0 Å². The van der Waals surface area contributed by atoms with Crippen LogP contribution in [0.25, 0.3) is 0 Å². The van der Waals surface area contributed by atoms with Crippen molar-refractivity contribution in [3.05, 3.63) is 68.7 Å². The van der Waals surface area contributed by atoms with E-state index in [2.05, 4.69) is 10.1 Å². The van der Waals surface area contributed by atoms with Gasteiger partial charge in [-0.15, -0.1) is 0 Å². The Morgan fingerprint density at radius 1 is 1.15 bits per heavy atom. The molecule has 0 saturated carbocycles. The molecule has 9 nitrogen and oxygen atoms in total. The monoisotopic (exact) mass is 392 g/mol. The fourth-order valence-electron chi connectivity index (χ4n) is 2.08. The molecule has 2 aromatic rings. The number of nitrogens with zero attached hydrogens (tertiary/aromatic N) is 1. The van der Waals surface area contributed by atoms with Gasteiger partial charge in [-0.3, -0.25) is 14.9 Å². The fraction of sp³-hybridized carbons (Fsp3) is 0.118. The van der Waals surface area contributed by atoms with Crippen LogP contribution in [0.2, 0.25) is 5.02 Å². The number of carbonyl (C=O) groups excluding carboxylic acids is 3. The number of rotatable bonds is 6. The zero-order chi connectivity index (χ0) is 20.0. The number of carbonyl (C=O) groups is 3. The number of hydrogen-bond acceptors (Lipinski definition) is 7. The van der Waals surface area contributed by atoms with Crippen LogP contribution in [-0.4, -0.2) is 36.5 Å². The number of esters is 2. The predicted octanol–water partition coefficient (Wildman–Crippen LogP) is 2.83. The van der Waals surface area contributed by atoms with Gasteiger partial charge in [0.2, 0.25) is 0 Å². The van der Waals surface area contributed by atoms with Gasteiger partial charge in [0.15, 0.2) is 6.61 Å². The van der Waals surface area contributed by atoms with Gasteiger partial charge in [0.1, 0.15) is 5.56 Å². The Bertz CT molecular complexity index is 914. The Morgan fingerprint density at radius 3 is 2.56 bits per heavy atom. The molecule has 0 aromatic heterocycles. The third-order valence-corrected chi connectivity index (χ3v) is 3.51. The Hall–Kier alpha value is -3.46. The first-order chi connectivity index (χ1) is 12.8. The molecule has 0 aliphatic carbocycles. The lowest BCUT2D eigenvalue weighted by Gasteiger charge is -2.08. The van der Waals surface area contributed by atoms with Crippen molar-refractivity contribution in [2.45, 2.75) is 0 Å². The molecule has 0 heterocycles. The van der Waals surface area contributed by atoms with Crippen LogP contribution in [0.1, 0.15) is 20.7 Å². The smallest absolute Gasteiger partial charge is 0.345 e. The quantitative estimate of drug-likeness (QED) is 0.455. The maximum Gasteiger partial charge on any atom is 0.345 e. The van der Waals surface area contributed by atoms with Crippen molar-refractivity contribution in [1.82, 2.24) is 0 Å². The summed E-state index contributed by atoms with van der Waals surface area (Å²) in [6.07, 6.45) is 0. The molecular formula is C17H13ClN2O7. The average molecular weight is 393 g/mol. The molecule has 1 N–H and O–H groups in total. The number of hydrogen-bond donors (Lipinski definition) is 1. The Balaban J connectivity index is 2.02. The first-order valence-electron chi connectivity index (χ1n) is 7.41. The molecule has 0 radical (unpaired) electrons. The summed E-state index contributed by atoms with van der Waals surface area (Å²) in [5.74, 6) is -2.34. The summed E-state index contributed by atoms with van der Waals surface area (Å²) in [5, 5.41) is 13.5. The van der Waals surface area contributed by atoms with E-state index in [-0.39, 0.29) is 21.8 Å². The second kappa shape index (κ2) is 8.77. The molecule has 0 spiro atoms. The Morgan fingerprint density at radius 2 is 1.89 bits per heavy atom. The highest BCUT2D eigenvalue weighted by Crippen LogP contribution is 2.23. The summed E-state index contributed by atoms with van der Waals surface area (Å²) in [7, 11) is 1.22. The Kier molecular flexibility index (Phi) is 6.45. The summed E-state index contributed by atoms with van der Waals surface area (Å²) in [6.45, 7) is -0.690.